The van der Waals surface area contributed by atoms with Crippen LogP contribution in [0.5, 0.6) is 5.75 Å². The fourth-order valence-corrected chi connectivity index (χ4v) is 7.80. The first-order chi connectivity index (χ1) is 23.2. The maximum absolute atomic E-state index is 14.8. The van der Waals surface area contributed by atoms with Crippen molar-refractivity contribution in [3.8, 4) is 5.75 Å². The fraction of sp³-hybridized carbons (Fsp3) is 0.333. The molecule has 252 valence electrons. The first kappa shape index (κ1) is 34.7. The van der Waals surface area contributed by atoms with Crippen molar-refractivity contribution in [1.82, 2.24) is 10.2 Å². The lowest BCUT2D eigenvalue weighted by Gasteiger charge is -2.35. The van der Waals surface area contributed by atoms with E-state index < -0.39 is 28.5 Å². The van der Waals surface area contributed by atoms with Crippen molar-refractivity contribution in [3.05, 3.63) is 125 Å². The Morgan fingerprint density at radius 2 is 1.48 bits per heavy atom. The van der Waals surface area contributed by atoms with E-state index in [4.69, 9.17) is 4.74 Å². The number of hydrogen-bond donors (Lipinski definition) is 1. The van der Waals surface area contributed by atoms with Crippen LogP contribution in [0.15, 0.2) is 108 Å². The number of amides is 2. The summed E-state index contributed by atoms with van der Waals surface area (Å²) in [6.45, 7) is 3.35. The van der Waals surface area contributed by atoms with E-state index in [9.17, 15) is 18.0 Å². The molecule has 1 saturated carbocycles. The molecule has 1 atom stereocenters. The van der Waals surface area contributed by atoms with E-state index in [1.54, 1.807) is 42.3 Å². The minimum absolute atomic E-state index is 0.0307. The van der Waals surface area contributed by atoms with Gasteiger partial charge in [-0.25, -0.2) is 8.42 Å². The maximum Gasteiger partial charge on any atom is 0.264 e. The van der Waals surface area contributed by atoms with Gasteiger partial charge in [-0.2, -0.15) is 0 Å². The van der Waals surface area contributed by atoms with Gasteiger partial charge in [0.05, 0.1) is 17.7 Å². The molecule has 48 heavy (non-hydrogen) atoms. The number of nitrogens with zero attached hydrogens (tertiary/aromatic N) is 2. The van der Waals surface area contributed by atoms with Crippen molar-refractivity contribution in [3.63, 3.8) is 0 Å². The number of anilines is 1. The second-order valence-electron chi connectivity index (χ2n) is 12.5. The molecule has 4 aromatic rings. The summed E-state index contributed by atoms with van der Waals surface area (Å²) < 4.78 is 35.3. The van der Waals surface area contributed by atoms with Gasteiger partial charge in [-0.3, -0.25) is 13.9 Å². The summed E-state index contributed by atoms with van der Waals surface area (Å²) in [5, 5.41) is 3.25. The van der Waals surface area contributed by atoms with Crippen LogP contribution in [-0.4, -0.2) is 50.9 Å². The Hall–Kier alpha value is -4.63. The van der Waals surface area contributed by atoms with E-state index in [0.717, 1.165) is 54.4 Å². The molecule has 0 radical (unpaired) electrons. The molecule has 1 aliphatic carbocycles. The van der Waals surface area contributed by atoms with Crippen LogP contribution in [0.25, 0.3) is 0 Å². The third-order valence-corrected chi connectivity index (χ3v) is 10.9. The molecule has 0 unspecified atom stereocenters. The highest BCUT2D eigenvalue weighted by Gasteiger charge is 2.36. The predicted molar refractivity (Wildman–Crippen MR) is 189 cm³/mol. The first-order valence-corrected chi connectivity index (χ1v) is 18.0. The summed E-state index contributed by atoms with van der Waals surface area (Å²) in [7, 11) is -2.59. The average Bonchev–Trinajstić information content (AvgIpc) is 3.11. The molecule has 0 bridgehead atoms. The molecule has 1 N–H and O–H groups in total. The minimum atomic E-state index is -4.17. The smallest absolute Gasteiger partial charge is 0.264 e. The molecule has 5 rings (SSSR count). The standard InChI is InChI=1S/C39H45N3O5S/c1-29-15-13-24-36(30(29)2)42(48(45,46)35-22-11-6-12-23-35)28-38(43)41(27-32-18-14-21-34(25-32)47-3)37(26-31-16-7-4-8-17-31)39(44)40-33-19-9-5-10-20-33/h4,6-8,11-18,21-25,33,37H,5,9-10,19-20,26-28H2,1-3H3,(H,40,44)/t37-/m1/s1. The summed E-state index contributed by atoms with van der Waals surface area (Å²) in [4.78, 5) is 30.7. The summed E-state index contributed by atoms with van der Waals surface area (Å²) in [5.41, 5.74) is 3.72. The highest BCUT2D eigenvalue weighted by atomic mass is 32.2. The van der Waals surface area contributed by atoms with Crippen LogP contribution in [0.3, 0.4) is 0 Å². The van der Waals surface area contributed by atoms with Gasteiger partial charge in [0, 0.05) is 19.0 Å². The van der Waals surface area contributed by atoms with Crippen LogP contribution >= 0.6 is 0 Å². The Balaban J connectivity index is 1.59. The van der Waals surface area contributed by atoms with Gasteiger partial charge in [0.2, 0.25) is 11.8 Å². The number of sulfonamides is 1. The number of carbonyl (C=O) groups is 2. The maximum atomic E-state index is 14.8. The number of nitrogens with one attached hydrogen (secondary N) is 1. The summed E-state index contributed by atoms with van der Waals surface area (Å²) in [6, 6.07) is 29.7. The van der Waals surface area contributed by atoms with Crippen LogP contribution in [0.4, 0.5) is 5.69 Å². The van der Waals surface area contributed by atoms with Crippen LogP contribution in [0, 0.1) is 13.8 Å². The van der Waals surface area contributed by atoms with E-state index in [-0.39, 0.29) is 29.8 Å². The zero-order chi connectivity index (χ0) is 34.1. The van der Waals surface area contributed by atoms with Gasteiger partial charge < -0.3 is 15.0 Å². The molecule has 2 amide bonds. The lowest BCUT2D eigenvalue weighted by molar-refractivity contribution is -0.140. The van der Waals surface area contributed by atoms with Crippen molar-refractivity contribution in [1.29, 1.82) is 0 Å². The minimum Gasteiger partial charge on any atom is -0.497 e. The third-order valence-electron chi connectivity index (χ3n) is 9.16. The number of carbonyl (C=O) groups excluding carboxylic acids is 2. The van der Waals surface area contributed by atoms with Crippen molar-refractivity contribution in [2.75, 3.05) is 18.0 Å². The molecule has 0 aromatic heterocycles. The molecule has 0 spiro atoms. The highest BCUT2D eigenvalue weighted by Crippen LogP contribution is 2.30. The molecule has 0 heterocycles. The van der Waals surface area contributed by atoms with Gasteiger partial charge in [-0.15, -0.1) is 0 Å². The molecule has 0 saturated heterocycles. The Morgan fingerprint density at radius 3 is 2.17 bits per heavy atom. The Bertz CT molecular complexity index is 1790. The van der Waals surface area contributed by atoms with E-state index >= 15 is 0 Å². The SMILES string of the molecule is COc1cccc(CN(C(=O)CN(c2cccc(C)c2C)S(=O)(=O)c2ccccc2)[C@H](Cc2ccccc2)C(=O)NC2CCCCC2)c1. The van der Waals surface area contributed by atoms with Gasteiger partial charge in [0.25, 0.3) is 10.0 Å². The third kappa shape index (κ3) is 8.44. The van der Waals surface area contributed by atoms with Gasteiger partial charge in [-0.1, -0.05) is 92.1 Å². The van der Waals surface area contributed by atoms with Crippen molar-refractivity contribution in [2.45, 2.75) is 75.9 Å². The molecule has 1 fully saturated rings. The van der Waals surface area contributed by atoms with E-state index in [1.165, 1.54) is 16.4 Å². The molecule has 8 nitrogen and oxygen atoms in total. The Labute approximate surface area is 284 Å². The number of benzene rings is 4. The molecule has 9 heteroatoms. The highest BCUT2D eigenvalue weighted by molar-refractivity contribution is 7.92. The Morgan fingerprint density at radius 1 is 0.833 bits per heavy atom. The number of methoxy groups -OCH3 is 1. The second-order valence-corrected chi connectivity index (χ2v) is 14.3. The summed E-state index contributed by atoms with van der Waals surface area (Å²) in [6.07, 6.45) is 5.28. The monoisotopic (exact) mass is 667 g/mol. The Kier molecular flexibility index (Phi) is 11.5. The normalized spacial score (nSPS) is 14.1. The number of ether oxygens (including phenoxy) is 1. The van der Waals surface area contributed by atoms with Gasteiger partial charge in [-0.05, 0) is 79.3 Å². The van der Waals surface area contributed by atoms with Crippen molar-refractivity contribution >= 4 is 27.5 Å². The van der Waals surface area contributed by atoms with Crippen molar-refractivity contribution < 1.29 is 22.7 Å². The van der Waals surface area contributed by atoms with Crippen LogP contribution in [-0.2, 0) is 32.6 Å². The van der Waals surface area contributed by atoms with E-state index in [0.29, 0.717) is 11.4 Å². The fourth-order valence-electron chi connectivity index (χ4n) is 6.30. The average molecular weight is 668 g/mol. The topological polar surface area (TPSA) is 96.0 Å². The van der Waals surface area contributed by atoms with E-state index in [1.807, 2.05) is 74.5 Å². The lowest BCUT2D eigenvalue weighted by atomic mass is 9.94. The zero-order valence-electron chi connectivity index (χ0n) is 28.0. The van der Waals surface area contributed by atoms with Gasteiger partial charge in [0.15, 0.2) is 0 Å². The molecule has 1 aliphatic rings. The number of aryl methyl sites for hydroxylation is 1. The second kappa shape index (κ2) is 16.0. The van der Waals surface area contributed by atoms with Gasteiger partial charge in [0.1, 0.15) is 18.3 Å². The molecular formula is C39H45N3O5S. The quantitative estimate of drug-likeness (QED) is 0.174. The van der Waals surface area contributed by atoms with E-state index in [2.05, 4.69) is 5.32 Å². The zero-order valence-corrected chi connectivity index (χ0v) is 28.8. The van der Waals surface area contributed by atoms with Crippen LogP contribution in [0.2, 0.25) is 0 Å². The predicted octanol–water partition coefficient (Wildman–Crippen LogP) is 6.60. The summed E-state index contributed by atoms with van der Waals surface area (Å²) >= 11 is 0. The van der Waals surface area contributed by atoms with Crippen LogP contribution in [0.1, 0.15) is 54.4 Å². The molecule has 4 aromatic carbocycles. The molecule has 0 aliphatic heterocycles. The number of hydrogen-bond acceptors (Lipinski definition) is 5. The molecular weight excluding hydrogens is 623 g/mol. The lowest BCUT2D eigenvalue weighted by Crippen LogP contribution is -2.55. The summed E-state index contributed by atoms with van der Waals surface area (Å²) in [5.74, 6) is -0.112. The first-order valence-electron chi connectivity index (χ1n) is 16.6. The van der Waals surface area contributed by atoms with Gasteiger partial charge >= 0.3 is 0 Å². The largest absolute Gasteiger partial charge is 0.497 e. The van der Waals surface area contributed by atoms with Crippen molar-refractivity contribution in [2.24, 2.45) is 0 Å². The number of rotatable bonds is 13. The van der Waals surface area contributed by atoms with Crippen LogP contribution < -0.4 is 14.4 Å².